The molecular formula is C24H29N2+. The average Bonchev–Trinajstić information content (AvgIpc) is 2.65. The Labute approximate surface area is 157 Å². The van der Waals surface area contributed by atoms with Crippen LogP contribution in [0, 0.1) is 5.92 Å². The Bertz CT molecular complexity index is 890. The van der Waals surface area contributed by atoms with Crippen LogP contribution in [0.15, 0.2) is 60.8 Å². The van der Waals surface area contributed by atoms with Gasteiger partial charge in [-0.05, 0) is 35.2 Å². The molecule has 0 radical (unpaired) electrons. The first-order valence-corrected chi connectivity index (χ1v) is 9.41. The van der Waals surface area contributed by atoms with E-state index in [2.05, 4.69) is 110 Å². The van der Waals surface area contributed by atoms with Crippen molar-refractivity contribution < 1.29 is 4.57 Å². The van der Waals surface area contributed by atoms with E-state index in [1.165, 1.54) is 34.1 Å². The van der Waals surface area contributed by atoms with Gasteiger partial charge in [0.1, 0.15) is 6.54 Å². The van der Waals surface area contributed by atoms with Crippen molar-refractivity contribution in [2.45, 2.75) is 26.8 Å². The topological polar surface area (TPSA) is 7.12 Å². The molecule has 0 N–H and O–H groups in total. The van der Waals surface area contributed by atoms with E-state index in [0.29, 0.717) is 5.92 Å². The number of aryl methyl sites for hydroxylation is 1. The van der Waals surface area contributed by atoms with Crippen molar-refractivity contribution in [3.63, 3.8) is 0 Å². The molecule has 0 aliphatic heterocycles. The summed E-state index contributed by atoms with van der Waals surface area (Å²) in [7, 11) is 4.13. The van der Waals surface area contributed by atoms with E-state index in [1.54, 1.807) is 0 Å². The van der Waals surface area contributed by atoms with E-state index in [1.807, 2.05) is 0 Å². The number of hydrogen-bond donors (Lipinski definition) is 0. The van der Waals surface area contributed by atoms with Crippen molar-refractivity contribution in [1.29, 1.82) is 0 Å². The summed E-state index contributed by atoms with van der Waals surface area (Å²) in [5.74, 6) is 0.714. The molecule has 0 saturated heterocycles. The summed E-state index contributed by atoms with van der Waals surface area (Å²) in [6.07, 6.45) is 7.83. The molecule has 2 aromatic carbocycles. The van der Waals surface area contributed by atoms with E-state index in [-0.39, 0.29) is 0 Å². The Kier molecular flexibility index (Phi) is 5.72. The predicted molar refractivity (Wildman–Crippen MR) is 113 cm³/mol. The number of hydrogen-bond acceptors (Lipinski definition) is 1. The first-order chi connectivity index (χ1) is 12.5. The summed E-state index contributed by atoms with van der Waals surface area (Å²) in [5, 5.41) is 1.31. The Morgan fingerprint density at radius 3 is 2.35 bits per heavy atom. The van der Waals surface area contributed by atoms with Crippen LogP contribution in [0.25, 0.3) is 23.1 Å². The summed E-state index contributed by atoms with van der Waals surface area (Å²) in [5.41, 5.74) is 5.01. The molecule has 0 atom stereocenters. The van der Waals surface area contributed by atoms with E-state index < -0.39 is 0 Å². The van der Waals surface area contributed by atoms with E-state index in [9.17, 15) is 0 Å². The van der Waals surface area contributed by atoms with Gasteiger partial charge in [0.15, 0.2) is 6.20 Å². The molecule has 2 heteroatoms. The first-order valence-electron chi connectivity index (χ1n) is 9.41. The van der Waals surface area contributed by atoms with Crippen molar-refractivity contribution in [2.24, 2.45) is 5.92 Å². The lowest BCUT2D eigenvalue weighted by atomic mass is 10.1. The fourth-order valence-electron chi connectivity index (χ4n) is 3.12. The van der Waals surface area contributed by atoms with Gasteiger partial charge in [-0.25, -0.2) is 0 Å². The number of nitrogens with zero attached hydrogens (tertiary/aromatic N) is 2. The van der Waals surface area contributed by atoms with Gasteiger partial charge in [-0.15, -0.1) is 0 Å². The molecule has 2 nitrogen and oxygen atoms in total. The molecule has 0 unspecified atom stereocenters. The van der Waals surface area contributed by atoms with Crippen LogP contribution < -0.4 is 9.47 Å². The number of fused-ring (bicyclic) bond motifs is 1. The van der Waals surface area contributed by atoms with Gasteiger partial charge in [-0.1, -0.05) is 50.3 Å². The highest BCUT2D eigenvalue weighted by atomic mass is 15.1. The minimum Gasteiger partial charge on any atom is -0.378 e. The highest BCUT2D eigenvalue weighted by Gasteiger charge is 2.11. The minimum absolute atomic E-state index is 0.714. The maximum absolute atomic E-state index is 2.37. The maximum Gasteiger partial charge on any atom is 0.213 e. The molecule has 0 aliphatic rings. The lowest BCUT2D eigenvalue weighted by molar-refractivity contribution is -0.672. The van der Waals surface area contributed by atoms with E-state index in [4.69, 9.17) is 0 Å². The lowest BCUT2D eigenvalue weighted by Crippen LogP contribution is -2.34. The zero-order valence-corrected chi connectivity index (χ0v) is 16.3. The number of para-hydroxylation sites is 1. The third-order valence-corrected chi connectivity index (χ3v) is 4.77. The fraction of sp³-hybridized carbons (Fsp3) is 0.292. The number of pyridine rings is 1. The van der Waals surface area contributed by atoms with Gasteiger partial charge < -0.3 is 4.90 Å². The van der Waals surface area contributed by atoms with Gasteiger partial charge in [-0.3, -0.25) is 0 Å². The van der Waals surface area contributed by atoms with Gasteiger partial charge in [0.2, 0.25) is 5.52 Å². The Morgan fingerprint density at radius 2 is 1.65 bits per heavy atom. The third-order valence-electron chi connectivity index (χ3n) is 4.77. The molecule has 0 amide bonds. The zero-order valence-electron chi connectivity index (χ0n) is 16.3. The van der Waals surface area contributed by atoms with Crippen LogP contribution in [-0.4, -0.2) is 14.1 Å². The van der Waals surface area contributed by atoms with Crippen LogP contribution in [0.5, 0.6) is 0 Å². The van der Waals surface area contributed by atoms with Crippen LogP contribution in [0.4, 0.5) is 5.69 Å². The van der Waals surface area contributed by atoms with Crippen LogP contribution in [-0.2, 0) is 6.54 Å². The number of benzene rings is 2. The summed E-state index contributed by atoms with van der Waals surface area (Å²) in [6, 6.07) is 19.6. The first kappa shape index (κ1) is 18.2. The molecule has 1 heterocycles. The zero-order chi connectivity index (χ0) is 18.5. The smallest absolute Gasteiger partial charge is 0.213 e. The molecule has 0 fully saturated rings. The van der Waals surface area contributed by atoms with Gasteiger partial charge in [0.05, 0.1) is 5.39 Å². The Balaban J connectivity index is 1.89. The molecule has 0 spiro atoms. The summed E-state index contributed by atoms with van der Waals surface area (Å²) in [6.45, 7) is 5.62. The molecule has 26 heavy (non-hydrogen) atoms. The van der Waals surface area contributed by atoms with Crippen molar-refractivity contribution >= 4 is 28.7 Å². The van der Waals surface area contributed by atoms with Crippen LogP contribution >= 0.6 is 0 Å². The lowest BCUT2D eigenvalue weighted by Gasteiger charge is -2.11. The number of aromatic nitrogens is 1. The Hall–Kier alpha value is -2.61. The molecule has 1 aromatic heterocycles. The quantitative estimate of drug-likeness (QED) is 0.542. The monoisotopic (exact) mass is 345 g/mol. The third kappa shape index (κ3) is 4.32. The summed E-state index contributed by atoms with van der Waals surface area (Å²) < 4.78 is 2.37. The number of rotatable bonds is 6. The summed E-state index contributed by atoms with van der Waals surface area (Å²) >= 11 is 0. The molecule has 0 saturated carbocycles. The molecule has 134 valence electrons. The van der Waals surface area contributed by atoms with Gasteiger partial charge >= 0.3 is 0 Å². The second-order valence-corrected chi connectivity index (χ2v) is 7.48. The van der Waals surface area contributed by atoms with Crippen molar-refractivity contribution in [1.82, 2.24) is 0 Å². The van der Waals surface area contributed by atoms with Crippen LogP contribution in [0.2, 0.25) is 0 Å². The van der Waals surface area contributed by atoms with E-state index >= 15 is 0 Å². The normalized spacial score (nSPS) is 11.6. The largest absolute Gasteiger partial charge is 0.378 e. The molecule has 3 aromatic rings. The van der Waals surface area contributed by atoms with Crippen molar-refractivity contribution in [3.8, 4) is 0 Å². The van der Waals surface area contributed by atoms with Crippen LogP contribution in [0.1, 0.15) is 31.4 Å². The predicted octanol–water partition coefficient (Wildman–Crippen LogP) is 5.41. The molecule has 3 rings (SSSR count). The average molecular weight is 346 g/mol. The molecule has 0 bridgehead atoms. The van der Waals surface area contributed by atoms with E-state index in [0.717, 1.165) is 6.54 Å². The summed E-state index contributed by atoms with van der Waals surface area (Å²) in [4.78, 5) is 2.12. The van der Waals surface area contributed by atoms with Crippen molar-refractivity contribution in [3.05, 3.63) is 71.9 Å². The molecular weight excluding hydrogens is 316 g/mol. The highest BCUT2D eigenvalue weighted by Crippen LogP contribution is 2.19. The van der Waals surface area contributed by atoms with Gasteiger partial charge in [-0.2, -0.15) is 4.57 Å². The second kappa shape index (κ2) is 8.18. The Morgan fingerprint density at radius 1 is 0.923 bits per heavy atom. The van der Waals surface area contributed by atoms with Crippen LogP contribution in [0.3, 0.4) is 0 Å². The minimum atomic E-state index is 0.714. The maximum atomic E-state index is 2.37. The van der Waals surface area contributed by atoms with Gasteiger partial charge in [0.25, 0.3) is 0 Å². The highest BCUT2D eigenvalue weighted by molar-refractivity contribution is 5.88. The molecule has 0 aliphatic carbocycles. The SMILES string of the molecule is CC(C)CC[n+]1ccc(/C=C/c2ccc(N(C)C)cc2)c2ccccc21. The van der Waals surface area contributed by atoms with Crippen molar-refractivity contribution in [2.75, 3.05) is 19.0 Å². The standard InChI is InChI=1S/C24H29N2/c1-19(2)15-17-26-18-16-21(23-7-5-6-8-24(23)26)12-9-20-10-13-22(14-11-20)25(3)4/h5-14,16,18-19H,15,17H2,1-4H3/q+1. The number of anilines is 1. The second-order valence-electron chi connectivity index (χ2n) is 7.48. The fourth-order valence-corrected chi connectivity index (χ4v) is 3.12. The van der Waals surface area contributed by atoms with Gasteiger partial charge in [0, 0.05) is 38.3 Å².